The number of nitrogens with zero attached hydrogens (tertiary/aromatic N) is 2. The molecular weight excluding hydrogens is 160 g/mol. The van der Waals surface area contributed by atoms with Gasteiger partial charge in [-0.2, -0.15) is 0 Å². The first-order valence-electron chi connectivity index (χ1n) is 4.60. The van der Waals surface area contributed by atoms with Gasteiger partial charge in [-0.15, -0.1) is 0 Å². The summed E-state index contributed by atoms with van der Waals surface area (Å²) >= 11 is 0. The molecule has 0 spiro atoms. The highest BCUT2D eigenvalue weighted by atomic mass is 15.0. The molecular formula is C11H14N2. The van der Waals surface area contributed by atoms with Gasteiger partial charge in [-0.05, 0) is 23.6 Å². The lowest BCUT2D eigenvalue weighted by Crippen LogP contribution is -1.96. The molecule has 2 aliphatic heterocycles. The van der Waals surface area contributed by atoms with Crippen LogP contribution in [0.3, 0.4) is 0 Å². The highest BCUT2D eigenvalue weighted by Crippen LogP contribution is 2.29. The molecule has 0 aromatic rings. The van der Waals surface area contributed by atoms with E-state index < -0.39 is 0 Å². The maximum atomic E-state index is 4.40. The smallest absolute Gasteiger partial charge is 0.139 e. The minimum atomic E-state index is 0.549. The van der Waals surface area contributed by atoms with Gasteiger partial charge in [0, 0.05) is 25.0 Å². The number of pyridine rings is 1. The molecule has 2 rings (SSSR count). The maximum absolute atomic E-state index is 4.40. The Hall–Kier alpha value is -1.31. The van der Waals surface area contributed by atoms with Crippen LogP contribution in [0.2, 0.25) is 0 Å². The largest absolute Gasteiger partial charge is 0.336 e. The van der Waals surface area contributed by atoms with Gasteiger partial charge in [-0.1, -0.05) is 13.8 Å². The summed E-state index contributed by atoms with van der Waals surface area (Å²) in [5, 5.41) is 0. The highest BCUT2D eigenvalue weighted by molar-refractivity contribution is 5.63. The van der Waals surface area contributed by atoms with Crippen molar-refractivity contribution in [3.8, 4) is 11.4 Å². The zero-order valence-corrected chi connectivity index (χ0v) is 8.28. The molecule has 0 N–H and O–H groups in total. The van der Waals surface area contributed by atoms with Gasteiger partial charge in [-0.3, -0.25) is 0 Å². The molecule has 2 heterocycles. The fraction of sp³-hybridized carbons (Fsp3) is 0.364. The van der Waals surface area contributed by atoms with Crippen LogP contribution in [-0.2, 0) is 7.05 Å². The summed E-state index contributed by atoms with van der Waals surface area (Å²) in [6.45, 7) is 4.40. The van der Waals surface area contributed by atoms with E-state index in [1.165, 1.54) is 11.1 Å². The molecule has 0 bridgehead atoms. The molecule has 2 nitrogen and oxygen atoms in total. The van der Waals surface area contributed by atoms with E-state index in [2.05, 4.69) is 35.5 Å². The molecule has 0 saturated carbocycles. The standard InChI is InChI=1S/C11H14N2/c1-8(2)10-7-12-11-9(10)5-4-6-13(11)3/h4-8H,1-3H3. The normalized spacial score (nSPS) is 11.4. The van der Waals surface area contributed by atoms with Crippen molar-refractivity contribution in [1.29, 1.82) is 0 Å². The lowest BCUT2D eigenvalue weighted by atomic mass is 10.0. The van der Waals surface area contributed by atoms with Gasteiger partial charge in [0.15, 0.2) is 0 Å². The Balaban J connectivity index is 2.64. The van der Waals surface area contributed by atoms with Gasteiger partial charge in [0.1, 0.15) is 5.82 Å². The summed E-state index contributed by atoms with van der Waals surface area (Å²) in [6, 6.07) is 4.20. The van der Waals surface area contributed by atoms with E-state index in [4.69, 9.17) is 0 Å². The molecule has 0 aromatic heterocycles. The summed E-state index contributed by atoms with van der Waals surface area (Å²) in [4.78, 5) is 4.40. The van der Waals surface area contributed by atoms with Crippen molar-refractivity contribution < 1.29 is 0 Å². The Morgan fingerprint density at radius 2 is 2.15 bits per heavy atom. The molecule has 2 heteroatoms. The lowest BCUT2D eigenvalue weighted by molar-refractivity contribution is 0.866. The van der Waals surface area contributed by atoms with Gasteiger partial charge >= 0.3 is 0 Å². The van der Waals surface area contributed by atoms with Crippen LogP contribution in [0, 0.1) is 0 Å². The Kier molecular flexibility index (Phi) is 1.83. The number of fused-ring (bicyclic) bond motifs is 1. The van der Waals surface area contributed by atoms with Crippen molar-refractivity contribution in [2.45, 2.75) is 19.8 Å². The Bertz CT molecular complexity index is 387. The minimum Gasteiger partial charge on any atom is -0.336 e. The molecule has 0 atom stereocenters. The predicted molar refractivity (Wildman–Crippen MR) is 53.9 cm³/mol. The fourth-order valence-electron chi connectivity index (χ4n) is 1.65. The zero-order chi connectivity index (χ0) is 9.42. The van der Waals surface area contributed by atoms with Gasteiger partial charge in [0.25, 0.3) is 0 Å². The van der Waals surface area contributed by atoms with Gasteiger partial charge in [0.2, 0.25) is 0 Å². The summed E-state index contributed by atoms with van der Waals surface area (Å²) < 4.78 is 2.06. The summed E-state index contributed by atoms with van der Waals surface area (Å²) in [7, 11) is 2.03. The topological polar surface area (TPSA) is 17.8 Å². The molecule has 0 unspecified atom stereocenters. The molecule has 2 aliphatic rings. The van der Waals surface area contributed by atoms with Crippen molar-refractivity contribution in [2.75, 3.05) is 0 Å². The number of aromatic nitrogens is 2. The lowest BCUT2D eigenvalue weighted by Gasteiger charge is -2.08. The average molecular weight is 174 g/mol. The molecule has 68 valence electrons. The van der Waals surface area contributed by atoms with Crippen LogP contribution < -0.4 is 0 Å². The molecule has 0 aromatic carbocycles. The van der Waals surface area contributed by atoms with Crippen molar-refractivity contribution in [2.24, 2.45) is 7.05 Å². The summed E-state index contributed by atoms with van der Waals surface area (Å²) in [5.41, 5.74) is 2.62. The van der Waals surface area contributed by atoms with Gasteiger partial charge in [-0.25, -0.2) is 4.98 Å². The second-order valence-corrected chi connectivity index (χ2v) is 3.72. The summed E-state index contributed by atoms with van der Waals surface area (Å²) in [6.07, 6.45) is 4.01. The van der Waals surface area contributed by atoms with Crippen molar-refractivity contribution in [3.63, 3.8) is 0 Å². The molecule has 0 radical (unpaired) electrons. The first-order valence-corrected chi connectivity index (χ1v) is 4.60. The van der Waals surface area contributed by atoms with Crippen LogP contribution in [-0.4, -0.2) is 9.55 Å². The predicted octanol–water partition coefficient (Wildman–Crippen LogP) is 2.65. The third-order valence-corrected chi connectivity index (χ3v) is 2.41. The van der Waals surface area contributed by atoms with Crippen LogP contribution >= 0.6 is 0 Å². The second-order valence-electron chi connectivity index (χ2n) is 3.72. The van der Waals surface area contributed by atoms with Gasteiger partial charge < -0.3 is 4.57 Å². The van der Waals surface area contributed by atoms with E-state index in [-0.39, 0.29) is 0 Å². The van der Waals surface area contributed by atoms with Crippen LogP contribution in [0.5, 0.6) is 0 Å². The number of rotatable bonds is 1. The van der Waals surface area contributed by atoms with E-state index in [9.17, 15) is 0 Å². The minimum absolute atomic E-state index is 0.549. The van der Waals surface area contributed by atoms with E-state index in [1.54, 1.807) is 0 Å². The van der Waals surface area contributed by atoms with E-state index >= 15 is 0 Å². The first kappa shape index (κ1) is 8.30. The van der Waals surface area contributed by atoms with Crippen LogP contribution in [0.15, 0.2) is 24.5 Å². The zero-order valence-electron chi connectivity index (χ0n) is 8.28. The van der Waals surface area contributed by atoms with Crippen LogP contribution in [0.1, 0.15) is 25.3 Å². The van der Waals surface area contributed by atoms with Crippen LogP contribution in [0.4, 0.5) is 0 Å². The average Bonchev–Trinajstić information content (AvgIpc) is 2.48. The Morgan fingerprint density at radius 1 is 1.38 bits per heavy atom. The monoisotopic (exact) mass is 174 g/mol. The van der Waals surface area contributed by atoms with Crippen molar-refractivity contribution in [1.82, 2.24) is 9.55 Å². The van der Waals surface area contributed by atoms with Crippen LogP contribution in [0.25, 0.3) is 11.4 Å². The summed E-state index contributed by atoms with van der Waals surface area (Å²) in [5.74, 6) is 1.62. The number of hydrogen-bond acceptors (Lipinski definition) is 1. The maximum Gasteiger partial charge on any atom is 0.139 e. The molecule has 13 heavy (non-hydrogen) atoms. The molecule has 0 amide bonds. The Labute approximate surface area is 78.6 Å². The quantitative estimate of drug-likeness (QED) is 0.650. The Morgan fingerprint density at radius 3 is 2.85 bits per heavy atom. The van der Waals surface area contributed by atoms with E-state index in [0.717, 1.165) is 5.82 Å². The fourth-order valence-corrected chi connectivity index (χ4v) is 1.65. The second kappa shape index (κ2) is 2.87. The third kappa shape index (κ3) is 1.22. The van der Waals surface area contributed by atoms with Gasteiger partial charge in [0.05, 0.1) is 0 Å². The number of aryl methyl sites for hydroxylation is 1. The third-order valence-electron chi connectivity index (χ3n) is 2.41. The van der Waals surface area contributed by atoms with Crippen molar-refractivity contribution in [3.05, 3.63) is 30.1 Å². The number of hydrogen-bond donors (Lipinski definition) is 0. The molecule has 0 fully saturated rings. The first-order chi connectivity index (χ1) is 6.20. The van der Waals surface area contributed by atoms with E-state index in [1.807, 2.05) is 19.4 Å². The SMILES string of the molecule is CC(C)c1cnc2n(C)cccc1-2. The van der Waals surface area contributed by atoms with Crippen molar-refractivity contribution >= 4 is 0 Å². The molecule has 0 saturated heterocycles. The highest BCUT2D eigenvalue weighted by Gasteiger charge is 2.14. The van der Waals surface area contributed by atoms with E-state index in [0.29, 0.717) is 5.92 Å². The molecule has 0 aliphatic carbocycles.